The van der Waals surface area contributed by atoms with E-state index in [1.54, 1.807) is 12.1 Å². The lowest BCUT2D eigenvalue weighted by Gasteiger charge is -2.26. The molecule has 0 aliphatic carbocycles. The van der Waals surface area contributed by atoms with Gasteiger partial charge in [0.05, 0.1) is 0 Å². The molecular weight excluding hydrogens is 489 g/mol. The van der Waals surface area contributed by atoms with E-state index >= 15 is 0 Å². The summed E-state index contributed by atoms with van der Waals surface area (Å²) >= 11 is 0. The molecule has 7 aromatic carbocycles. The normalized spacial score (nSPS) is 11.2. The van der Waals surface area contributed by atoms with E-state index < -0.39 is 7.12 Å². The van der Waals surface area contributed by atoms with Gasteiger partial charge in [-0.05, 0) is 85.3 Å². The highest BCUT2D eigenvalue weighted by Crippen LogP contribution is 2.40. The van der Waals surface area contributed by atoms with Gasteiger partial charge in [0, 0.05) is 17.1 Å². The maximum Gasteiger partial charge on any atom is 0.488 e. The molecule has 0 heterocycles. The first-order valence-corrected chi connectivity index (χ1v) is 13.4. The Bertz CT molecular complexity index is 1930. The molecule has 190 valence electrons. The number of hydrogen-bond donors (Lipinski definition) is 2. The van der Waals surface area contributed by atoms with Crippen LogP contribution in [0.3, 0.4) is 0 Å². The van der Waals surface area contributed by atoms with Crippen molar-refractivity contribution in [2.45, 2.75) is 0 Å². The molecule has 0 radical (unpaired) electrons. The fourth-order valence-electron chi connectivity index (χ4n) is 5.71. The number of benzene rings is 7. The quantitative estimate of drug-likeness (QED) is 0.181. The van der Waals surface area contributed by atoms with Gasteiger partial charge in [-0.15, -0.1) is 0 Å². The Morgan fingerprint density at radius 1 is 0.375 bits per heavy atom. The van der Waals surface area contributed by atoms with Gasteiger partial charge in [0.15, 0.2) is 0 Å². The topological polar surface area (TPSA) is 43.7 Å². The van der Waals surface area contributed by atoms with Crippen molar-refractivity contribution in [3.63, 3.8) is 0 Å². The van der Waals surface area contributed by atoms with Crippen LogP contribution in [0.1, 0.15) is 0 Å². The van der Waals surface area contributed by atoms with Crippen molar-refractivity contribution >= 4 is 62.0 Å². The van der Waals surface area contributed by atoms with E-state index in [9.17, 15) is 10.0 Å². The van der Waals surface area contributed by atoms with Gasteiger partial charge in [-0.3, -0.25) is 0 Å². The predicted octanol–water partition coefficient (Wildman–Crippen LogP) is 7.96. The van der Waals surface area contributed by atoms with E-state index in [4.69, 9.17) is 0 Å². The van der Waals surface area contributed by atoms with Crippen LogP contribution in [-0.2, 0) is 0 Å². The van der Waals surface area contributed by atoms with Gasteiger partial charge in [0.1, 0.15) is 0 Å². The molecule has 0 saturated heterocycles. The molecule has 0 amide bonds. The summed E-state index contributed by atoms with van der Waals surface area (Å²) < 4.78 is 0. The molecule has 0 aromatic heterocycles. The molecule has 0 saturated carbocycles. The van der Waals surface area contributed by atoms with Gasteiger partial charge in [0.25, 0.3) is 0 Å². The van der Waals surface area contributed by atoms with Crippen molar-refractivity contribution in [1.29, 1.82) is 0 Å². The van der Waals surface area contributed by atoms with Crippen molar-refractivity contribution in [1.82, 2.24) is 0 Å². The van der Waals surface area contributed by atoms with E-state index in [0.717, 1.165) is 22.6 Å². The SMILES string of the molecule is OB(O)c1ccc(N(c2ccc(-c3ccccc3)cc2)c2ccc3c4ccccc4c4ccccc4c3c2)cc1. The Morgan fingerprint density at radius 2 is 0.800 bits per heavy atom. The molecule has 7 rings (SSSR count). The second-order valence-electron chi connectivity index (χ2n) is 10.0. The molecule has 2 N–H and O–H groups in total. The molecule has 40 heavy (non-hydrogen) atoms. The first-order valence-electron chi connectivity index (χ1n) is 13.4. The highest BCUT2D eigenvalue weighted by molar-refractivity contribution is 6.58. The lowest BCUT2D eigenvalue weighted by atomic mass is 9.80. The highest BCUT2D eigenvalue weighted by atomic mass is 16.4. The lowest BCUT2D eigenvalue weighted by Crippen LogP contribution is -2.29. The van der Waals surface area contributed by atoms with Crippen molar-refractivity contribution in [2.24, 2.45) is 0 Å². The minimum atomic E-state index is -1.51. The third kappa shape index (κ3) is 4.20. The zero-order valence-electron chi connectivity index (χ0n) is 21.8. The maximum atomic E-state index is 9.67. The van der Waals surface area contributed by atoms with Crippen molar-refractivity contribution in [3.8, 4) is 11.1 Å². The van der Waals surface area contributed by atoms with Crippen LogP contribution in [0.15, 0.2) is 146 Å². The molecule has 0 atom stereocenters. The number of hydrogen-bond acceptors (Lipinski definition) is 3. The van der Waals surface area contributed by atoms with Crippen LogP contribution >= 0.6 is 0 Å². The summed E-state index contributed by atoms with van der Waals surface area (Å²) in [5, 5.41) is 26.7. The van der Waals surface area contributed by atoms with Gasteiger partial charge >= 0.3 is 7.12 Å². The Morgan fingerprint density at radius 3 is 1.35 bits per heavy atom. The lowest BCUT2D eigenvalue weighted by molar-refractivity contribution is 0.426. The number of nitrogens with zero attached hydrogens (tertiary/aromatic N) is 1. The third-order valence-corrected chi connectivity index (χ3v) is 7.67. The standard InChI is InChI=1S/C36H26BNO2/c39-37(40)27-16-20-29(21-17-27)38(28-18-14-26(15-19-28)25-8-2-1-3-9-25)30-22-23-35-33-12-5-4-10-31(33)32-11-6-7-13-34(32)36(35)24-30/h1-24,39-40H. The van der Waals surface area contributed by atoms with Crippen LogP contribution in [0.4, 0.5) is 17.1 Å². The van der Waals surface area contributed by atoms with Gasteiger partial charge < -0.3 is 14.9 Å². The third-order valence-electron chi connectivity index (χ3n) is 7.67. The summed E-state index contributed by atoms with van der Waals surface area (Å²) in [5.41, 5.74) is 5.75. The molecule has 0 aliphatic rings. The zero-order valence-corrected chi connectivity index (χ0v) is 21.8. The summed E-state index contributed by atoms with van der Waals surface area (Å²) in [6, 6.07) is 50.2. The Labute approximate surface area is 233 Å². The molecular formula is C36H26BNO2. The molecule has 0 spiro atoms. The van der Waals surface area contributed by atoms with Gasteiger partial charge in [-0.25, -0.2) is 0 Å². The van der Waals surface area contributed by atoms with Crippen LogP contribution in [0, 0.1) is 0 Å². The highest BCUT2D eigenvalue weighted by Gasteiger charge is 2.17. The second kappa shape index (κ2) is 10.0. The summed E-state index contributed by atoms with van der Waals surface area (Å²) in [6.45, 7) is 0. The largest absolute Gasteiger partial charge is 0.488 e. The smallest absolute Gasteiger partial charge is 0.423 e. The zero-order chi connectivity index (χ0) is 27.1. The van der Waals surface area contributed by atoms with E-state index in [2.05, 4.69) is 120 Å². The monoisotopic (exact) mass is 515 g/mol. The summed E-state index contributed by atoms with van der Waals surface area (Å²) in [7, 11) is -1.51. The first kappa shape index (κ1) is 24.2. The number of anilines is 3. The molecule has 0 fully saturated rings. The number of fused-ring (bicyclic) bond motifs is 6. The molecule has 0 bridgehead atoms. The van der Waals surface area contributed by atoms with Crippen LogP contribution in [0.2, 0.25) is 0 Å². The van der Waals surface area contributed by atoms with Crippen molar-refractivity contribution in [3.05, 3.63) is 146 Å². The Hall–Kier alpha value is -4.90. The van der Waals surface area contributed by atoms with Crippen molar-refractivity contribution in [2.75, 3.05) is 4.90 Å². The molecule has 3 nitrogen and oxygen atoms in total. The van der Waals surface area contributed by atoms with Crippen molar-refractivity contribution < 1.29 is 10.0 Å². The average molecular weight is 515 g/mol. The van der Waals surface area contributed by atoms with E-state index in [0.29, 0.717) is 5.46 Å². The predicted molar refractivity (Wildman–Crippen MR) is 169 cm³/mol. The fraction of sp³-hybridized carbons (Fsp3) is 0. The van der Waals surface area contributed by atoms with E-state index in [-0.39, 0.29) is 0 Å². The van der Waals surface area contributed by atoms with Crippen LogP contribution in [0.25, 0.3) is 43.4 Å². The van der Waals surface area contributed by atoms with Gasteiger partial charge in [0.2, 0.25) is 0 Å². The Kier molecular flexibility index (Phi) is 6.05. The van der Waals surface area contributed by atoms with E-state index in [1.165, 1.54) is 37.9 Å². The molecule has 0 aliphatic heterocycles. The molecule has 4 heteroatoms. The molecule has 7 aromatic rings. The van der Waals surface area contributed by atoms with Crippen LogP contribution in [-0.4, -0.2) is 17.2 Å². The minimum Gasteiger partial charge on any atom is -0.423 e. The van der Waals surface area contributed by atoms with Crippen LogP contribution in [0.5, 0.6) is 0 Å². The Balaban J connectivity index is 1.43. The van der Waals surface area contributed by atoms with Gasteiger partial charge in [-0.1, -0.05) is 109 Å². The van der Waals surface area contributed by atoms with E-state index in [1.807, 2.05) is 18.2 Å². The second-order valence-corrected chi connectivity index (χ2v) is 10.0. The minimum absolute atomic E-state index is 0.458. The fourth-order valence-corrected chi connectivity index (χ4v) is 5.71. The maximum absolute atomic E-state index is 9.67. The summed E-state index contributed by atoms with van der Waals surface area (Å²) in [4.78, 5) is 2.21. The first-order chi connectivity index (χ1) is 19.7. The van der Waals surface area contributed by atoms with Crippen LogP contribution < -0.4 is 10.4 Å². The summed E-state index contributed by atoms with van der Waals surface area (Å²) in [5.74, 6) is 0. The number of rotatable bonds is 5. The summed E-state index contributed by atoms with van der Waals surface area (Å²) in [6.07, 6.45) is 0. The van der Waals surface area contributed by atoms with Gasteiger partial charge in [-0.2, -0.15) is 0 Å². The molecule has 0 unspecified atom stereocenters. The average Bonchev–Trinajstić information content (AvgIpc) is 3.02.